The van der Waals surface area contributed by atoms with Crippen molar-refractivity contribution in [3.8, 4) is 0 Å². The van der Waals surface area contributed by atoms with Crippen LogP contribution in [0.5, 0.6) is 0 Å². The highest BCUT2D eigenvalue weighted by atomic mass is 16.5. The summed E-state index contributed by atoms with van der Waals surface area (Å²) in [6.07, 6.45) is 6.58. The molecule has 0 saturated carbocycles. The maximum atomic E-state index is 5.04. The van der Waals surface area contributed by atoms with Gasteiger partial charge in [0.1, 0.15) is 0 Å². The van der Waals surface area contributed by atoms with Gasteiger partial charge >= 0.3 is 0 Å². The molecule has 0 N–H and O–H groups in total. The fourth-order valence-corrected chi connectivity index (χ4v) is 1.79. The molecule has 1 aliphatic rings. The van der Waals surface area contributed by atoms with Gasteiger partial charge in [0, 0.05) is 66.0 Å². The standard InChI is InChI=1S/C12H24N2O2/c1-15-11-3-5-13-7-9-14(10-8-13)6-4-12-16-2/h7,9H,3-6,8,10-12H2,1-2H3. The van der Waals surface area contributed by atoms with Crippen LogP contribution in [0.1, 0.15) is 12.8 Å². The molecule has 0 saturated heterocycles. The average Bonchev–Trinajstić information content (AvgIpc) is 2.32. The van der Waals surface area contributed by atoms with Crippen molar-refractivity contribution in [3.63, 3.8) is 0 Å². The molecule has 0 amide bonds. The first kappa shape index (κ1) is 13.3. The molecule has 1 rings (SSSR count). The molecule has 0 aliphatic carbocycles. The third-order valence-electron chi connectivity index (χ3n) is 2.75. The molecule has 0 aromatic heterocycles. The highest BCUT2D eigenvalue weighted by Gasteiger charge is 2.08. The fraction of sp³-hybridized carbons (Fsp3) is 0.833. The molecule has 0 radical (unpaired) electrons. The monoisotopic (exact) mass is 228 g/mol. The van der Waals surface area contributed by atoms with Crippen molar-refractivity contribution in [1.29, 1.82) is 0 Å². The van der Waals surface area contributed by atoms with E-state index in [-0.39, 0.29) is 0 Å². The Morgan fingerprint density at radius 2 is 1.31 bits per heavy atom. The summed E-state index contributed by atoms with van der Waals surface area (Å²) < 4.78 is 10.1. The van der Waals surface area contributed by atoms with Gasteiger partial charge in [-0.25, -0.2) is 0 Å². The number of hydrogen-bond donors (Lipinski definition) is 0. The van der Waals surface area contributed by atoms with Gasteiger partial charge in [0.2, 0.25) is 0 Å². The lowest BCUT2D eigenvalue weighted by molar-refractivity contribution is 0.167. The SMILES string of the molecule is COCCCN1C=CN(CCCOC)CC1. The van der Waals surface area contributed by atoms with E-state index in [2.05, 4.69) is 22.2 Å². The summed E-state index contributed by atoms with van der Waals surface area (Å²) >= 11 is 0. The van der Waals surface area contributed by atoms with Gasteiger partial charge in [-0.1, -0.05) is 0 Å². The van der Waals surface area contributed by atoms with Gasteiger partial charge in [-0.3, -0.25) is 0 Å². The lowest BCUT2D eigenvalue weighted by Crippen LogP contribution is -2.36. The number of hydrogen-bond acceptors (Lipinski definition) is 4. The molecule has 16 heavy (non-hydrogen) atoms. The summed E-state index contributed by atoms with van der Waals surface area (Å²) in [4.78, 5) is 4.71. The molecule has 1 heterocycles. The third-order valence-corrected chi connectivity index (χ3v) is 2.75. The summed E-state index contributed by atoms with van der Waals surface area (Å²) in [5.41, 5.74) is 0. The number of rotatable bonds is 8. The number of ether oxygens (including phenoxy) is 2. The third kappa shape index (κ3) is 5.37. The minimum Gasteiger partial charge on any atom is -0.385 e. The molecule has 0 aromatic carbocycles. The van der Waals surface area contributed by atoms with Crippen molar-refractivity contribution in [2.45, 2.75) is 12.8 Å². The van der Waals surface area contributed by atoms with Crippen molar-refractivity contribution in [1.82, 2.24) is 9.80 Å². The maximum absolute atomic E-state index is 5.04. The highest BCUT2D eigenvalue weighted by molar-refractivity contribution is 4.89. The van der Waals surface area contributed by atoms with Crippen LogP contribution in [0.2, 0.25) is 0 Å². The Labute approximate surface area is 98.8 Å². The van der Waals surface area contributed by atoms with E-state index in [9.17, 15) is 0 Å². The Bertz CT molecular complexity index is 177. The smallest absolute Gasteiger partial charge is 0.0479 e. The molecule has 4 heteroatoms. The second kappa shape index (κ2) is 8.42. The van der Waals surface area contributed by atoms with Crippen molar-refractivity contribution < 1.29 is 9.47 Å². The second-order valence-electron chi connectivity index (χ2n) is 4.06. The van der Waals surface area contributed by atoms with Crippen LogP contribution in [0.25, 0.3) is 0 Å². The van der Waals surface area contributed by atoms with Gasteiger partial charge < -0.3 is 19.3 Å². The van der Waals surface area contributed by atoms with Gasteiger partial charge in [0.05, 0.1) is 0 Å². The summed E-state index contributed by atoms with van der Waals surface area (Å²) in [5.74, 6) is 0. The Kier molecular flexibility index (Phi) is 7.01. The van der Waals surface area contributed by atoms with Crippen molar-refractivity contribution in [2.75, 3.05) is 53.6 Å². The van der Waals surface area contributed by atoms with E-state index in [4.69, 9.17) is 9.47 Å². The van der Waals surface area contributed by atoms with Crippen LogP contribution >= 0.6 is 0 Å². The Hall–Kier alpha value is -0.740. The Balaban J connectivity index is 2.10. The summed E-state index contributed by atoms with van der Waals surface area (Å²) in [7, 11) is 3.51. The summed E-state index contributed by atoms with van der Waals surface area (Å²) in [6.45, 7) is 6.12. The van der Waals surface area contributed by atoms with E-state index in [0.717, 1.165) is 52.2 Å². The lowest BCUT2D eigenvalue weighted by atomic mass is 10.3. The van der Waals surface area contributed by atoms with Crippen LogP contribution in [-0.4, -0.2) is 63.4 Å². The van der Waals surface area contributed by atoms with Crippen LogP contribution in [0.3, 0.4) is 0 Å². The molecule has 0 atom stereocenters. The number of nitrogens with zero attached hydrogens (tertiary/aromatic N) is 2. The topological polar surface area (TPSA) is 24.9 Å². The Morgan fingerprint density at radius 1 is 0.875 bits per heavy atom. The molecule has 0 bridgehead atoms. The molecule has 0 unspecified atom stereocenters. The van der Waals surface area contributed by atoms with Gasteiger partial charge in [-0.05, 0) is 12.8 Å². The normalized spacial score (nSPS) is 15.9. The minimum atomic E-state index is 0.849. The molecular formula is C12H24N2O2. The number of methoxy groups -OCH3 is 2. The minimum absolute atomic E-state index is 0.849. The van der Waals surface area contributed by atoms with E-state index in [1.54, 1.807) is 14.2 Å². The molecule has 94 valence electrons. The van der Waals surface area contributed by atoms with Crippen LogP contribution in [0.15, 0.2) is 12.4 Å². The van der Waals surface area contributed by atoms with E-state index in [1.165, 1.54) is 0 Å². The van der Waals surface area contributed by atoms with Crippen molar-refractivity contribution >= 4 is 0 Å². The zero-order valence-corrected chi connectivity index (χ0v) is 10.5. The van der Waals surface area contributed by atoms with Crippen LogP contribution in [-0.2, 0) is 9.47 Å². The molecule has 0 aromatic rings. The molecule has 4 nitrogen and oxygen atoms in total. The van der Waals surface area contributed by atoms with Gasteiger partial charge in [0.25, 0.3) is 0 Å². The highest BCUT2D eigenvalue weighted by Crippen LogP contribution is 2.04. The predicted octanol–water partition coefficient (Wildman–Crippen LogP) is 1.15. The first-order chi connectivity index (χ1) is 7.86. The molecule has 1 aliphatic heterocycles. The van der Waals surface area contributed by atoms with Crippen molar-refractivity contribution in [3.05, 3.63) is 12.4 Å². The zero-order valence-electron chi connectivity index (χ0n) is 10.5. The maximum Gasteiger partial charge on any atom is 0.0479 e. The van der Waals surface area contributed by atoms with E-state index in [0.29, 0.717) is 0 Å². The van der Waals surface area contributed by atoms with Crippen LogP contribution in [0.4, 0.5) is 0 Å². The fourth-order valence-electron chi connectivity index (χ4n) is 1.79. The molecular weight excluding hydrogens is 204 g/mol. The quantitative estimate of drug-likeness (QED) is 0.582. The second-order valence-corrected chi connectivity index (χ2v) is 4.06. The predicted molar refractivity (Wildman–Crippen MR) is 65.3 cm³/mol. The van der Waals surface area contributed by atoms with E-state index in [1.807, 2.05) is 0 Å². The van der Waals surface area contributed by atoms with Crippen LogP contribution in [0, 0.1) is 0 Å². The van der Waals surface area contributed by atoms with Gasteiger partial charge in [-0.2, -0.15) is 0 Å². The largest absolute Gasteiger partial charge is 0.385 e. The Morgan fingerprint density at radius 3 is 1.62 bits per heavy atom. The average molecular weight is 228 g/mol. The first-order valence-corrected chi connectivity index (χ1v) is 6.01. The summed E-state index contributed by atoms with van der Waals surface area (Å²) in [6, 6.07) is 0. The van der Waals surface area contributed by atoms with E-state index < -0.39 is 0 Å². The van der Waals surface area contributed by atoms with Gasteiger partial charge in [-0.15, -0.1) is 0 Å². The van der Waals surface area contributed by atoms with Gasteiger partial charge in [0.15, 0.2) is 0 Å². The van der Waals surface area contributed by atoms with Crippen molar-refractivity contribution in [2.24, 2.45) is 0 Å². The van der Waals surface area contributed by atoms with Crippen LogP contribution < -0.4 is 0 Å². The first-order valence-electron chi connectivity index (χ1n) is 6.01. The lowest BCUT2D eigenvalue weighted by Gasteiger charge is -2.31. The molecule has 0 fully saturated rings. The summed E-state index contributed by atoms with van der Waals surface area (Å²) in [5, 5.41) is 0. The molecule has 0 spiro atoms. The van der Waals surface area contributed by atoms with E-state index >= 15 is 0 Å². The zero-order chi connectivity index (χ0) is 11.6.